The lowest BCUT2D eigenvalue weighted by atomic mass is 9.75. The fourth-order valence-corrected chi connectivity index (χ4v) is 4.86. The number of likely N-dealkylation sites (tertiary alicyclic amines) is 1. The molecule has 24 heavy (non-hydrogen) atoms. The number of carbonyl (C=O) groups excluding carboxylic acids is 1. The molecule has 0 aliphatic carbocycles. The predicted octanol–water partition coefficient (Wildman–Crippen LogP) is 1.15. The van der Waals surface area contributed by atoms with Gasteiger partial charge < -0.3 is 15.1 Å². The Labute approximate surface area is 143 Å². The Morgan fingerprint density at radius 2 is 1.96 bits per heavy atom. The van der Waals surface area contributed by atoms with Gasteiger partial charge in [0.15, 0.2) is 0 Å². The van der Waals surface area contributed by atoms with E-state index in [2.05, 4.69) is 38.9 Å². The van der Waals surface area contributed by atoms with Crippen molar-refractivity contribution < 1.29 is 4.79 Å². The van der Waals surface area contributed by atoms with Gasteiger partial charge in [0.05, 0.1) is 5.92 Å². The molecule has 3 aliphatic rings. The van der Waals surface area contributed by atoms with Crippen molar-refractivity contribution in [2.45, 2.75) is 32.2 Å². The van der Waals surface area contributed by atoms with Crippen LogP contribution in [0.3, 0.4) is 0 Å². The maximum absolute atomic E-state index is 12.5. The molecule has 0 aromatic carbocycles. The van der Waals surface area contributed by atoms with Crippen molar-refractivity contribution in [1.82, 2.24) is 20.2 Å². The van der Waals surface area contributed by atoms with Crippen molar-refractivity contribution in [2.24, 2.45) is 17.8 Å². The third-order valence-corrected chi connectivity index (χ3v) is 5.93. The molecule has 0 unspecified atom stereocenters. The van der Waals surface area contributed by atoms with Gasteiger partial charge in [-0.2, -0.15) is 0 Å². The number of amides is 1. The fourth-order valence-electron chi connectivity index (χ4n) is 4.86. The third-order valence-electron chi connectivity index (χ3n) is 5.93. The average Bonchev–Trinajstić information content (AvgIpc) is 3.09. The first-order valence-corrected chi connectivity index (χ1v) is 9.14. The topological polar surface area (TPSA) is 61.4 Å². The van der Waals surface area contributed by atoms with E-state index in [1.807, 2.05) is 6.07 Å². The molecule has 0 bridgehead atoms. The third kappa shape index (κ3) is 2.66. The Bertz CT molecular complexity index is 597. The summed E-state index contributed by atoms with van der Waals surface area (Å²) in [5.41, 5.74) is -0.0151. The van der Waals surface area contributed by atoms with E-state index in [0.717, 1.165) is 51.5 Å². The van der Waals surface area contributed by atoms with Crippen molar-refractivity contribution >= 4 is 11.9 Å². The molecule has 4 rings (SSSR count). The SMILES string of the molecule is CC(C)CN1C[C@@H]2C(=O)NC3(CCN(c4ncccn4)CC3)[C@@H]2C1. The lowest BCUT2D eigenvalue weighted by Gasteiger charge is -2.42. The van der Waals surface area contributed by atoms with Crippen LogP contribution in [0.15, 0.2) is 18.5 Å². The highest BCUT2D eigenvalue weighted by molar-refractivity contribution is 5.83. The van der Waals surface area contributed by atoms with Gasteiger partial charge in [-0.25, -0.2) is 9.97 Å². The molecule has 1 aromatic rings. The van der Waals surface area contributed by atoms with Gasteiger partial charge in [0, 0.05) is 56.6 Å². The number of fused-ring (bicyclic) bond motifs is 2. The van der Waals surface area contributed by atoms with E-state index in [-0.39, 0.29) is 17.4 Å². The summed E-state index contributed by atoms with van der Waals surface area (Å²) in [6, 6.07) is 1.85. The Morgan fingerprint density at radius 1 is 1.25 bits per heavy atom. The number of nitrogens with one attached hydrogen (secondary N) is 1. The summed E-state index contributed by atoms with van der Waals surface area (Å²) in [7, 11) is 0. The van der Waals surface area contributed by atoms with Crippen LogP contribution in [0.5, 0.6) is 0 Å². The highest BCUT2D eigenvalue weighted by atomic mass is 16.2. The zero-order chi connectivity index (χ0) is 16.7. The largest absolute Gasteiger partial charge is 0.350 e. The summed E-state index contributed by atoms with van der Waals surface area (Å²) in [5.74, 6) is 2.38. The number of hydrogen-bond donors (Lipinski definition) is 1. The van der Waals surface area contributed by atoms with Gasteiger partial charge >= 0.3 is 0 Å². The molecular formula is C18H27N5O. The van der Waals surface area contributed by atoms with Crippen molar-refractivity contribution in [3.05, 3.63) is 18.5 Å². The van der Waals surface area contributed by atoms with E-state index in [4.69, 9.17) is 0 Å². The van der Waals surface area contributed by atoms with Gasteiger partial charge in [-0.1, -0.05) is 13.8 Å². The zero-order valence-electron chi connectivity index (χ0n) is 14.6. The van der Waals surface area contributed by atoms with Crippen LogP contribution in [-0.4, -0.2) is 59.0 Å². The van der Waals surface area contributed by atoms with Gasteiger partial charge in [-0.15, -0.1) is 0 Å². The highest BCUT2D eigenvalue weighted by Gasteiger charge is 2.57. The van der Waals surface area contributed by atoms with Crippen LogP contribution in [0.4, 0.5) is 5.95 Å². The van der Waals surface area contributed by atoms with Crippen LogP contribution in [0.2, 0.25) is 0 Å². The molecule has 130 valence electrons. The van der Waals surface area contributed by atoms with E-state index in [0.29, 0.717) is 11.8 Å². The summed E-state index contributed by atoms with van der Waals surface area (Å²) in [6.45, 7) is 9.42. The van der Waals surface area contributed by atoms with Crippen LogP contribution < -0.4 is 10.2 Å². The minimum atomic E-state index is -0.0151. The number of carbonyl (C=O) groups is 1. The number of rotatable bonds is 3. The van der Waals surface area contributed by atoms with Gasteiger partial charge in [0.25, 0.3) is 0 Å². The summed E-state index contributed by atoms with van der Waals surface area (Å²) >= 11 is 0. The van der Waals surface area contributed by atoms with Crippen LogP contribution in [0.1, 0.15) is 26.7 Å². The molecule has 1 N–H and O–H groups in total. The van der Waals surface area contributed by atoms with E-state index in [9.17, 15) is 4.79 Å². The van der Waals surface area contributed by atoms with Crippen LogP contribution in [0, 0.1) is 17.8 Å². The maximum atomic E-state index is 12.5. The summed E-state index contributed by atoms with van der Waals surface area (Å²) in [4.78, 5) is 26.0. The Morgan fingerprint density at radius 3 is 2.62 bits per heavy atom. The average molecular weight is 329 g/mol. The number of nitrogens with zero attached hydrogens (tertiary/aromatic N) is 4. The molecule has 0 saturated carbocycles. The molecule has 1 aromatic heterocycles. The van der Waals surface area contributed by atoms with E-state index < -0.39 is 0 Å². The maximum Gasteiger partial charge on any atom is 0.225 e. The van der Waals surface area contributed by atoms with Crippen LogP contribution >= 0.6 is 0 Å². The van der Waals surface area contributed by atoms with Crippen molar-refractivity contribution in [3.8, 4) is 0 Å². The molecule has 6 heteroatoms. The number of aromatic nitrogens is 2. The van der Waals surface area contributed by atoms with Crippen LogP contribution in [-0.2, 0) is 4.79 Å². The lowest BCUT2D eigenvalue weighted by Crippen LogP contribution is -2.55. The van der Waals surface area contributed by atoms with E-state index in [1.54, 1.807) is 12.4 Å². The molecule has 3 saturated heterocycles. The number of piperidine rings is 1. The second-order valence-electron chi connectivity index (χ2n) is 8.01. The summed E-state index contributed by atoms with van der Waals surface area (Å²) in [5, 5.41) is 3.38. The summed E-state index contributed by atoms with van der Waals surface area (Å²) in [6.07, 6.45) is 5.57. The first-order chi connectivity index (χ1) is 11.6. The molecule has 2 atom stereocenters. The standard InChI is InChI=1S/C18H27N5O/c1-13(2)10-22-11-14-15(12-22)18(21-16(14)24)4-8-23(9-5-18)17-19-6-3-7-20-17/h3,6-7,13-15H,4-5,8-12H2,1-2H3,(H,21,24)/t14-,15+/m0/s1. The molecule has 6 nitrogen and oxygen atoms in total. The normalized spacial score (nSPS) is 29.3. The molecule has 1 amide bonds. The molecule has 3 fully saturated rings. The van der Waals surface area contributed by atoms with Crippen molar-refractivity contribution in [1.29, 1.82) is 0 Å². The zero-order valence-corrected chi connectivity index (χ0v) is 14.6. The van der Waals surface area contributed by atoms with Crippen LogP contribution in [0.25, 0.3) is 0 Å². The molecular weight excluding hydrogens is 302 g/mol. The first kappa shape index (κ1) is 15.8. The number of hydrogen-bond acceptors (Lipinski definition) is 5. The van der Waals surface area contributed by atoms with Crippen molar-refractivity contribution in [3.63, 3.8) is 0 Å². The van der Waals surface area contributed by atoms with Gasteiger partial charge in [-0.05, 0) is 24.8 Å². The Balaban J connectivity index is 1.46. The summed E-state index contributed by atoms with van der Waals surface area (Å²) < 4.78 is 0. The first-order valence-electron chi connectivity index (χ1n) is 9.14. The number of anilines is 1. The Kier molecular flexibility index (Phi) is 3.95. The van der Waals surface area contributed by atoms with E-state index in [1.165, 1.54) is 0 Å². The molecule has 1 spiro atoms. The smallest absolute Gasteiger partial charge is 0.225 e. The predicted molar refractivity (Wildman–Crippen MR) is 92.6 cm³/mol. The highest BCUT2D eigenvalue weighted by Crippen LogP contribution is 2.44. The van der Waals surface area contributed by atoms with E-state index >= 15 is 0 Å². The van der Waals surface area contributed by atoms with Gasteiger partial charge in [0.2, 0.25) is 11.9 Å². The molecule has 3 aliphatic heterocycles. The minimum absolute atomic E-state index is 0.0151. The lowest BCUT2D eigenvalue weighted by molar-refractivity contribution is -0.123. The quantitative estimate of drug-likeness (QED) is 0.901. The second kappa shape index (κ2) is 5.99. The minimum Gasteiger partial charge on any atom is -0.350 e. The van der Waals surface area contributed by atoms with Crippen molar-refractivity contribution in [2.75, 3.05) is 37.6 Å². The van der Waals surface area contributed by atoms with Gasteiger partial charge in [-0.3, -0.25) is 4.79 Å². The molecule has 0 radical (unpaired) electrons. The fraction of sp³-hybridized carbons (Fsp3) is 0.722. The monoisotopic (exact) mass is 329 g/mol. The second-order valence-corrected chi connectivity index (χ2v) is 8.01. The van der Waals surface area contributed by atoms with Gasteiger partial charge in [0.1, 0.15) is 0 Å². The molecule has 4 heterocycles. The Hall–Kier alpha value is -1.69.